The molecule has 0 bridgehead atoms. The Morgan fingerprint density at radius 2 is 2.00 bits per heavy atom. The van der Waals surface area contributed by atoms with E-state index in [9.17, 15) is 10.1 Å². The molecule has 0 aromatic heterocycles. The van der Waals surface area contributed by atoms with Crippen molar-refractivity contribution in [3.8, 4) is 11.1 Å². The number of nitrogens with zero attached hydrogens (tertiary/aromatic N) is 1. The fraction of sp³-hybridized carbons (Fsp3) is 0.294. The van der Waals surface area contributed by atoms with Crippen molar-refractivity contribution >= 4 is 5.69 Å². The maximum absolute atomic E-state index is 10.9. The van der Waals surface area contributed by atoms with Crippen LogP contribution in [0.4, 0.5) is 5.69 Å². The Bertz CT molecular complexity index is 638. The second-order valence-corrected chi connectivity index (χ2v) is 5.13. The van der Waals surface area contributed by atoms with E-state index >= 15 is 0 Å². The molecular weight excluding hydrogens is 264 g/mol. The lowest BCUT2D eigenvalue weighted by molar-refractivity contribution is -0.384. The van der Waals surface area contributed by atoms with Gasteiger partial charge in [-0.25, -0.2) is 0 Å². The molecule has 21 heavy (non-hydrogen) atoms. The topological polar surface area (TPSA) is 55.2 Å². The first kappa shape index (κ1) is 15.2. The minimum absolute atomic E-state index is 0.126. The van der Waals surface area contributed by atoms with Gasteiger partial charge in [-0.3, -0.25) is 10.1 Å². The number of benzene rings is 2. The fourth-order valence-electron chi connectivity index (χ4n) is 2.29. The van der Waals surface area contributed by atoms with Crippen LogP contribution in [0.15, 0.2) is 42.5 Å². The Labute approximate surface area is 125 Å². The third-order valence-electron chi connectivity index (χ3n) is 3.43. The van der Waals surface area contributed by atoms with Crippen LogP contribution in [0.2, 0.25) is 0 Å². The molecule has 4 heteroatoms. The fourth-order valence-corrected chi connectivity index (χ4v) is 2.29. The summed E-state index contributed by atoms with van der Waals surface area (Å²) in [6, 6.07) is 13.1. The van der Waals surface area contributed by atoms with E-state index in [0.29, 0.717) is 0 Å². The Hall–Kier alpha value is -2.20. The van der Waals surface area contributed by atoms with E-state index in [-0.39, 0.29) is 10.6 Å². The maximum Gasteiger partial charge on any atom is 0.270 e. The van der Waals surface area contributed by atoms with Crippen LogP contribution in [0, 0.1) is 17.0 Å². The molecule has 0 atom stereocenters. The number of non-ortho nitro benzene ring substituents is 1. The average Bonchev–Trinajstić information content (AvgIpc) is 2.49. The predicted molar refractivity (Wildman–Crippen MR) is 85.3 cm³/mol. The largest absolute Gasteiger partial charge is 0.313 e. The van der Waals surface area contributed by atoms with Crippen LogP contribution < -0.4 is 5.32 Å². The minimum atomic E-state index is -0.356. The van der Waals surface area contributed by atoms with Gasteiger partial charge in [-0.15, -0.1) is 0 Å². The molecule has 0 radical (unpaired) electrons. The van der Waals surface area contributed by atoms with E-state index in [1.165, 1.54) is 11.6 Å². The van der Waals surface area contributed by atoms with Crippen molar-refractivity contribution in [3.05, 3.63) is 63.7 Å². The molecule has 2 rings (SSSR count). The van der Waals surface area contributed by atoms with Crippen molar-refractivity contribution in [2.24, 2.45) is 0 Å². The summed E-state index contributed by atoms with van der Waals surface area (Å²) in [5, 5.41) is 14.3. The number of nitro groups is 1. The number of aryl methyl sites for hydroxylation is 1. The molecule has 0 aliphatic rings. The lowest BCUT2D eigenvalue weighted by atomic mass is 9.97. The van der Waals surface area contributed by atoms with Gasteiger partial charge in [0.05, 0.1) is 4.92 Å². The number of hydrogen-bond donors (Lipinski definition) is 1. The standard InChI is InChI=1S/C17H20N2O2/c1-3-9-18-12-14-8-7-13(2)17(10-14)15-5-4-6-16(11-15)19(20)21/h4-8,10-11,18H,3,9,12H2,1-2H3. The van der Waals surface area contributed by atoms with E-state index in [2.05, 4.69) is 30.4 Å². The Balaban J connectivity index is 2.31. The van der Waals surface area contributed by atoms with Crippen molar-refractivity contribution in [3.63, 3.8) is 0 Å². The molecule has 0 heterocycles. The predicted octanol–water partition coefficient (Wildman–Crippen LogP) is 4.07. The van der Waals surface area contributed by atoms with Crippen molar-refractivity contribution in [1.82, 2.24) is 5.32 Å². The summed E-state index contributed by atoms with van der Waals surface area (Å²) in [4.78, 5) is 10.6. The van der Waals surface area contributed by atoms with Gasteiger partial charge in [0.15, 0.2) is 0 Å². The van der Waals surface area contributed by atoms with Gasteiger partial charge in [-0.05, 0) is 48.2 Å². The average molecular weight is 284 g/mol. The molecule has 110 valence electrons. The molecular formula is C17H20N2O2. The Kier molecular flexibility index (Phi) is 5.06. The molecule has 2 aromatic carbocycles. The van der Waals surface area contributed by atoms with E-state index in [1.54, 1.807) is 12.1 Å². The number of rotatable bonds is 6. The van der Waals surface area contributed by atoms with Crippen LogP contribution >= 0.6 is 0 Å². The molecule has 0 aliphatic heterocycles. The van der Waals surface area contributed by atoms with Crippen LogP contribution in [0.5, 0.6) is 0 Å². The molecule has 4 nitrogen and oxygen atoms in total. The van der Waals surface area contributed by atoms with Gasteiger partial charge in [0.25, 0.3) is 5.69 Å². The monoisotopic (exact) mass is 284 g/mol. The molecule has 0 fully saturated rings. The van der Waals surface area contributed by atoms with Gasteiger partial charge >= 0.3 is 0 Å². The number of nitrogens with one attached hydrogen (secondary N) is 1. The summed E-state index contributed by atoms with van der Waals surface area (Å²) in [6.45, 7) is 5.96. The van der Waals surface area contributed by atoms with Gasteiger partial charge in [0, 0.05) is 18.7 Å². The summed E-state index contributed by atoms with van der Waals surface area (Å²) < 4.78 is 0. The SMILES string of the molecule is CCCNCc1ccc(C)c(-c2cccc([N+](=O)[O-])c2)c1. The quantitative estimate of drug-likeness (QED) is 0.494. The Morgan fingerprint density at radius 3 is 2.71 bits per heavy atom. The number of hydrogen-bond acceptors (Lipinski definition) is 3. The minimum Gasteiger partial charge on any atom is -0.313 e. The van der Waals surface area contributed by atoms with Crippen LogP contribution in [-0.4, -0.2) is 11.5 Å². The first-order valence-corrected chi connectivity index (χ1v) is 7.17. The zero-order valence-corrected chi connectivity index (χ0v) is 12.4. The molecule has 0 unspecified atom stereocenters. The zero-order valence-electron chi connectivity index (χ0n) is 12.4. The van der Waals surface area contributed by atoms with E-state index in [4.69, 9.17) is 0 Å². The third-order valence-corrected chi connectivity index (χ3v) is 3.43. The highest BCUT2D eigenvalue weighted by Crippen LogP contribution is 2.27. The normalized spacial score (nSPS) is 10.6. The Morgan fingerprint density at radius 1 is 1.19 bits per heavy atom. The first-order valence-electron chi connectivity index (χ1n) is 7.17. The smallest absolute Gasteiger partial charge is 0.270 e. The van der Waals surface area contributed by atoms with E-state index < -0.39 is 0 Å². The van der Waals surface area contributed by atoms with Gasteiger partial charge in [-0.2, -0.15) is 0 Å². The highest BCUT2D eigenvalue weighted by Gasteiger charge is 2.09. The molecule has 0 amide bonds. The van der Waals surface area contributed by atoms with E-state index in [1.807, 2.05) is 13.0 Å². The van der Waals surface area contributed by atoms with Crippen molar-refractivity contribution in [2.45, 2.75) is 26.8 Å². The zero-order chi connectivity index (χ0) is 15.2. The lowest BCUT2D eigenvalue weighted by Gasteiger charge is -2.10. The van der Waals surface area contributed by atoms with Gasteiger partial charge in [0.1, 0.15) is 0 Å². The molecule has 0 saturated carbocycles. The van der Waals surface area contributed by atoms with Crippen molar-refractivity contribution in [1.29, 1.82) is 0 Å². The lowest BCUT2D eigenvalue weighted by Crippen LogP contribution is -2.13. The second kappa shape index (κ2) is 6.99. The van der Waals surface area contributed by atoms with Crippen LogP contribution in [0.3, 0.4) is 0 Å². The van der Waals surface area contributed by atoms with Gasteiger partial charge in [0.2, 0.25) is 0 Å². The summed E-state index contributed by atoms with van der Waals surface area (Å²) in [5.41, 5.74) is 4.38. The maximum atomic E-state index is 10.9. The van der Waals surface area contributed by atoms with E-state index in [0.717, 1.165) is 36.2 Å². The summed E-state index contributed by atoms with van der Waals surface area (Å²) in [5.74, 6) is 0. The molecule has 1 N–H and O–H groups in total. The molecule has 0 aliphatic carbocycles. The van der Waals surface area contributed by atoms with Gasteiger partial charge < -0.3 is 5.32 Å². The van der Waals surface area contributed by atoms with Crippen molar-refractivity contribution < 1.29 is 4.92 Å². The molecule has 0 spiro atoms. The van der Waals surface area contributed by atoms with Crippen LogP contribution in [0.25, 0.3) is 11.1 Å². The summed E-state index contributed by atoms with van der Waals surface area (Å²) >= 11 is 0. The summed E-state index contributed by atoms with van der Waals surface area (Å²) in [6.07, 6.45) is 1.10. The highest BCUT2D eigenvalue weighted by atomic mass is 16.6. The number of nitro benzene ring substituents is 1. The molecule has 2 aromatic rings. The van der Waals surface area contributed by atoms with Crippen LogP contribution in [-0.2, 0) is 6.54 Å². The first-order chi connectivity index (χ1) is 10.1. The molecule has 0 saturated heterocycles. The van der Waals surface area contributed by atoms with Crippen molar-refractivity contribution in [2.75, 3.05) is 6.54 Å². The third kappa shape index (κ3) is 3.89. The van der Waals surface area contributed by atoms with Gasteiger partial charge in [-0.1, -0.05) is 31.2 Å². The highest BCUT2D eigenvalue weighted by molar-refractivity contribution is 5.70. The second-order valence-electron chi connectivity index (χ2n) is 5.13. The summed E-state index contributed by atoms with van der Waals surface area (Å²) in [7, 11) is 0. The van der Waals surface area contributed by atoms with Crippen LogP contribution in [0.1, 0.15) is 24.5 Å².